The number of aryl methyl sites for hydroxylation is 1. The van der Waals surface area contributed by atoms with Crippen molar-refractivity contribution in [2.45, 2.75) is 32.1 Å². The fourth-order valence-electron chi connectivity index (χ4n) is 3.20. The van der Waals surface area contributed by atoms with Crippen LogP contribution >= 0.6 is 0 Å². The molecule has 1 amide bonds. The molecule has 0 atom stereocenters. The Morgan fingerprint density at radius 1 is 1.04 bits per heavy atom. The van der Waals surface area contributed by atoms with Gasteiger partial charge in [-0.15, -0.1) is 0 Å². The molecule has 0 heterocycles. The lowest BCUT2D eigenvalue weighted by Gasteiger charge is -2.04. The lowest BCUT2D eigenvalue weighted by Crippen LogP contribution is -2.14. The number of carbonyl (C=O) groups excluding carboxylic acids is 1. The standard InChI is InChI=1S/C22H23NO2/c24-22(23-25)14-13-18-11-9-17(10-12-18)5-1-2-6-19-15-20-7-3-4-8-21(20)16-19/h3-4,7-15,25H,1-2,5-6,16H2,(H,23,24)/b14-13+. The van der Waals surface area contributed by atoms with Crippen LogP contribution in [-0.2, 0) is 17.6 Å². The van der Waals surface area contributed by atoms with Gasteiger partial charge in [0.25, 0.3) is 5.91 Å². The lowest BCUT2D eigenvalue weighted by molar-refractivity contribution is -0.124. The topological polar surface area (TPSA) is 49.3 Å². The minimum Gasteiger partial charge on any atom is -0.288 e. The summed E-state index contributed by atoms with van der Waals surface area (Å²) in [6.07, 6.45) is 11.1. The number of allylic oxidation sites excluding steroid dienone is 1. The number of fused-ring (bicyclic) bond motifs is 1. The maximum atomic E-state index is 11.0. The first-order chi connectivity index (χ1) is 12.2. The molecule has 3 heteroatoms. The molecule has 0 aliphatic heterocycles. The van der Waals surface area contributed by atoms with Crippen LogP contribution in [0.2, 0.25) is 0 Å². The molecule has 25 heavy (non-hydrogen) atoms. The van der Waals surface area contributed by atoms with E-state index in [1.807, 2.05) is 12.1 Å². The Kier molecular flexibility index (Phi) is 5.81. The van der Waals surface area contributed by atoms with Gasteiger partial charge < -0.3 is 0 Å². The fraction of sp³-hybridized carbons (Fsp3) is 0.227. The summed E-state index contributed by atoms with van der Waals surface area (Å²) < 4.78 is 0. The molecule has 0 saturated carbocycles. The smallest absolute Gasteiger partial charge is 0.267 e. The molecule has 0 fully saturated rings. The first-order valence-electron chi connectivity index (χ1n) is 8.73. The highest BCUT2D eigenvalue weighted by atomic mass is 16.5. The Bertz CT molecular complexity index is 788. The van der Waals surface area contributed by atoms with Crippen LogP contribution in [0.25, 0.3) is 12.2 Å². The quantitative estimate of drug-likeness (QED) is 0.338. The average Bonchev–Trinajstić information content (AvgIpc) is 3.07. The van der Waals surface area contributed by atoms with Crippen LogP contribution in [0.1, 0.15) is 41.5 Å². The van der Waals surface area contributed by atoms with Crippen LogP contribution < -0.4 is 5.48 Å². The second kappa shape index (κ2) is 8.45. The van der Waals surface area contributed by atoms with Crippen molar-refractivity contribution in [3.63, 3.8) is 0 Å². The Morgan fingerprint density at radius 2 is 1.80 bits per heavy atom. The van der Waals surface area contributed by atoms with Crippen molar-refractivity contribution in [3.8, 4) is 0 Å². The maximum Gasteiger partial charge on any atom is 0.267 e. The van der Waals surface area contributed by atoms with E-state index in [-0.39, 0.29) is 0 Å². The summed E-state index contributed by atoms with van der Waals surface area (Å²) in [7, 11) is 0. The first-order valence-corrected chi connectivity index (χ1v) is 8.73. The van der Waals surface area contributed by atoms with Crippen molar-refractivity contribution < 1.29 is 10.0 Å². The van der Waals surface area contributed by atoms with E-state index in [0.29, 0.717) is 0 Å². The van der Waals surface area contributed by atoms with Crippen LogP contribution in [-0.4, -0.2) is 11.1 Å². The van der Waals surface area contributed by atoms with E-state index in [1.54, 1.807) is 17.1 Å². The Balaban J connectivity index is 1.41. The van der Waals surface area contributed by atoms with Gasteiger partial charge in [-0.1, -0.05) is 60.2 Å². The molecular weight excluding hydrogens is 310 g/mol. The number of carbonyl (C=O) groups is 1. The van der Waals surface area contributed by atoms with Crippen LogP contribution in [0, 0.1) is 0 Å². The molecule has 0 spiro atoms. The van der Waals surface area contributed by atoms with Gasteiger partial charge in [0, 0.05) is 6.08 Å². The lowest BCUT2D eigenvalue weighted by atomic mass is 10.0. The summed E-state index contributed by atoms with van der Waals surface area (Å²) in [5.41, 5.74) is 8.22. The third-order valence-electron chi connectivity index (χ3n) is 4.56. The minimum atomic E-state index is -0.521. The predicted octanol–water partition coefficient (Wildman–Crippen LogP) is 4.56. The van der Waals surface area contributed by atoms with Crippen LogP contribution in [0.5, 0.6) is 0 Å². The van der Waals surface area contributed by atoms with Gasteiger partial charge in [-0.2, -0.15) is 0 Å². The largest absolute Gasteiger partial charge is 0.288 e. The van der Waals surface area contributed by atoms with Gasteiger partial charge in [-0.05, 0) is 60.4 Å². The third-order valence-corrected chi connectivity index (χ3v) is 4.56. The summed E-state index contributed by atoms with van der Waals surface area (Å²) in [6.45, 7) is 0. The number of hydrogen-bond acceptors (Lipinski definition) is 2. The average molecular weight is 333 g/mol. The Labute approximate surface area is 148 Å². The van der Waals surface area contributed by atoms with E-state index in [9.17, 15) is 4.79 Å². The number of benzene rings is 2. The van der Waals surface area contributed by atoms with Gasteiger partial charge in [0.2, 0.25) is 0 Å². The van der Waals surface area contributed by atoms with E-state index in [4.69, 9.17) is 5.21 Å². The van der Waals surface area contributed by atoms with Crippen molar-refractivity contribution >= 4 is 18.1 Å². The SMILES string of the molecule is O=C(/C=C/c1ccc(CCCCC2=Cc3ccccc3C2)cc1)NO. The molecule has 3 nitrogen and oxygen atoms in total. The molecule has 2 aromatic carbocycles. The molecule has 0 saturated heterocycles. The number of hydroxylamine groups is 1. The van der Waals surface area contributed by atoms with Gasteiger partial charge >= 0.3 is 0 Å². The zero-order valence-electron chi connectivity index (χ0n) is 14.2. The Morgan fingerprint density at radius 3 is 2.56 bits per heavy atom. The van der Waals surface area contributed by atoms with Crippen molar-refractivity contribution in [3.05, 3.63) is 82.4 Å². The van der Waals surface area contributed by atoms with Gasteiger partial charge in [-0.25, -0.2) is 5.48 Å². The second-order valence-corrected chi connectivity index (χ2v) is 6.44. The highest BCUT2D eigenvalue weighted by Crippen LogP contribution is 2.27. The molecule has 2 aromatic rings. The van der Waals surface area contributed by atoms with Crippen molar-refractivity contribution in [2.75, 3.05) is 0 Å². The number of unbranched alkanes of at least 4 members (excludes halogenated alkanes) is 1. The second-order valence-electron chi connectivity index (χ2n) is 6.44. The molecule has 128 valence electrons. The number of rotatable bonds is 7. The molecule has 0 aromatic heterocycles. The van der Waals surface area contributed by atoms with E-state index >= 15 is 0 Å². The highest BCUT2D eigenvalue weighted by Gasteiger charge is 2.10. The number of nitrogens with one attached hydrogen (secondary N) is 1. The van der Waals surface area contributed by atoms with E-state index in [0.717, 1.165) is 18.4 Å². The molecule has 3 rings (SSSR count). The van der Waals surface area contributed by atoms with Crippen LogP contribution in [0.3, 0.4) is 0 Å². The summed E-state index contributed by atoms with van der Waals surface area (Å²) >= 11 is 0. The number of amides is 1. The third kappa shape index (κ3) is 4.91. The van der Waals surface area contributed by atoms with Crippen LogP contribution in [0.15, 0.2) is 60.2 Å². The van der Waals surface area contributed by atoms with E-state index in [1.165, 1.54) is 42.0 Å². The molecule has 0 bridgehead atoms. The predicted molar refractivity (Wildman–Crippen MR) is 101 cm³/mol. The van der Waals surface area contributed by atoms with Gasteiger partial charge in [-0.3, -0.25) is 10.0 Å². The van der Waals surface area contributed by atoms with Gasteiger partial charge in [0.15, 0.2) is 0 Å². The summed E-state index contributed by atoms with van der Waals surface area (Å²) in [5, 5.41) is 8.45. The van der Waals surface area contributed by atoms with E-state index < -0.39 is 5.91 Å². The molecule has 1 aliphatic carbocycles. The zero-order chi connectivity index (χ0) is 17.5. The van der Waals surface area contributed by atoms with Crippen molar-refractivity contribution in [2.24, 2.45) is 0 Å². The molecular formula is C22H23NO2. The molecule has 0 unspecified atom stereocenters. The molecule has 0 radical (unpaired) electrons. The first kappa shape index (κ1) is 17.2. The summed E-state index contributed by atoms with van der Waals surface area (Å²) in [6, 6.07) is 16.8. The van der Waals surface area contributed by atoms with Crippen molar-refractivity contribution in [1.82, 2.24) is 5.48 Å². The zero-order valence-corrected chi connectivity index (χ0v) is 14.2. The monoisotopic (exact) mass is 333 g/mol. The fourth-order valence-corrected chi connectivity index (χ4v) is 3.20. The van der Waals surface area contributed by atoms with Gasteiger partial charge in [0.05, 0.1) is 0 Å². The molecule has 2 N–H and O–H groups in total. The van der Waals surface area contributed by atoms with Crippen LogP contribution in [0.4, 0.5) is 0 Å². The molecule has 1 aliphatic rings. The maximum absolute atomic E-state index is 11.0. The highest BCUT2D eigenvalue weighted by molar-refractivity contribution is 5.90. The normalized spacial score (nSPS) is 12.9. The summed E-state index contributed by atoms with van der Waals surface area (Å²) in [4.78, 5) is 11.0. The Hall–Kier alpha value is -2.65. The van der Waals surface area contributed by atoms with E-state index in [2.05, 4.69) is 42.5 Å². The summed E-state index contributed by atoms with van der Waals surface area (Å²) in [5.74, 6) is -0.521. The number of hydrogen-bond donors (Lipinski definition) is 2. The van der Waals surface area contributed by atoms with Crippen molar-refractivity contribution in [1.29, 1.82) is 0 Å². The van der Waals surface area contributed by atoms with Gasteiger partial charge in [0.1, 0.15) is 0 Å². The minimum absolute atomic E-state index is 0.521.